The number of anilines is 1. The third-order valence-corrected chi connectivity index (χ3v) is 3.10. The SMILES string of the molecule is CCOc1ccc(C(C)Nc2cnccc2C)cc1. The molecule has 1 atom stereocenters. The maximum Gasteiger partial charge on any atom is 0.119 e. The molecule has 0 radical (unpaired) electrons. The highest BCUT2D eigenvalue weighted by Gasteiger charge is 2.07. The van der Waals surface area contributed by atoms with Gasteiger partial charge in [0.05, 0.1) is 18.5 Å². The average Bonchev–Trinajstić information content (AvgIpc) is 2.42. The van der Waals surface area contributed by atoms with Crippen LogP contribution in [0.2, 0.25) is 0 Å². The van der Waals surface area contributed by atoms with Crippen molar-refractivity contribution in [2.24, 2.45) is 0 Å². The fourth-order valence-corrected chi connectivity index (χ4v) is 1.95. The van der Waals surface area contributed by atoms with E-state index in [-0.39, 0.29) is 6.04 Å². The van der Waals surface area contributed by atoms with Crippen molar-refractivity contribution in [2.75, 3.05) is 11.9 Å². The summed E-state index contributed by atoms with van der Waals surface area (Å²) in [6.07, 6.45) is 3.67. The minimum absolute atomic E-state index is 0.235. The molecule has 0 saturated heterocycles. The van der Waals surface area contributed by atoms with Gasteiger partial charge in [-0.15, -0.1) is 0 Å². The Balaban J connectivity index is 2.07. The number of hydrogen-bond donors (Lipinski definition) is 1. The fourth-order valence-electron chi connectivity index (χ4n) is 1.95. The van der Waals surface area contributed by atoms with Crippen molar-refractivity contribution in [1.29, 1.82) is 0 Å². The highest BCUT2D eigenvalue weighted by atomic mass is 16.5. The van der Waals surface area contributed by atoms with Crippen molar-refractivity contribution < 1.29 is 4.74 Å². The van der Waals surface area contributed by atoms with Crippen LogP contribution in [0.5, 0.6) is 5.75 Å². The number of nitrogens with zero attached hydrogens (tertiary/aromatic N) is 1. The topological polar surface area (TPSA) is 34.1 Å². The number of aryl methyl sites for hydroxylation is 1. The van der Waals surface area contributed by atoms with E-state index in [0.29, 0.717) is 6.61 Å². The predicted octanol–water partition coefficient (Wildman–Crippen LogP) is 3.96. The number of nitrogens with one attached hydrogen (secondary N) is 1. The van der Waals surface area contributed by atoms with Crippen LogP contribution in [-0.4, -0.2) is 11.6 Å². The quantitative estimate of drug-likeness (QED) is 0.879. The fraction of sp³-hybridized carbons (Fsp3) is 0.312. The zero-order valence-corrected chi connectivity index (χ0v) is 11.7. The summed E-state index contributed by atoms with van der Waals surface area (Å²) < 4.78 is 5.45. The summed E-state index contributed by atoms with van der Waals surface area (Å²) in [5.74, 6) is 0.913. The van der Waals surface area contributed by atoms with Crippen LogP contribution in [0.15, 0.2) is 42.7 Å². The van der Waals surface area contributed by atoms with Gasteiger partial charge < -0.3 is 10.1 Å². The molecule has 1 N–H and O–H groups in total. The van der Waals surface area contributed by atoms with Crippen LogP contribution < -0.4 is 10.1 Å². The minimum atomic E-state index is 0.235. The molecule has 3 nitrogen and oxygen atoms in total. The molecule has 0 fully saturated rings. The number of rotatable bonds is 5. The molecule has 1 aromatic carbocycles. The largest absolute Gasteiger partial charge is 0.494 e. The van der Waals surface area contributed by atoms with Crippen LogP contribution in [0.4, 0.5) is 5.69 Å². The molecule has 0 aliphatic rings. The maximum atomic E-state index is 5.45. The third-order valence-electron chi connectivity index (χ3n) is 3.10. The molecule has 19 heavy (non-hydrogen) atoms. The van der Waals surface area contributed by atoms with E-state index >= 15 is 0 Å². The Kier molecular flexibility index (Phi) is 4.39. The second-order valence-electron chi connectivity index (χ2n) is 4.56. The van der Waals surface area contributed by atoms with Gasteiger partial charge in [0, 0.05) is 12.2 Å². The number of hydrogen-bond acceptors (Lipinski definition) is 3. The van der Waals surface area contributed by atoms with Gasteiger partial charge in [0.2, 0.25) is 0 Å². The van der Waals surface area contributed by atoms with E-state index in [9.17, 15) is 0 Å². The predicted molar refractivity (Wildman–Crippen MR) is 78.6 cm³/mol. The monoisotopic (exact) mass is 256 g/mol. The molecule has 2 aromatic rings. The first-order chi connectivity index (χ1) is 9.20. The van der Waals surface area contributed by atoms with E-state index in [1.807, 2.05) is 37.5 Å². The molecule has 1 heterocycles. The summed E-state index contributed by atoms with van der Waals surface area (Å²) >= 11 is 0. The first-order valence-electron chi connectivity index (χ1n) is 6.60. The lowest BCUT2D eigenvalue weighted by molar-refractivity contribution is 0.340. The highest BCUT2D eigenvalue weighted by molar-refractivity contribution is 5.49. The molecule has 3 heteroatoms. The third kappa shape index (κ3) is 3.47. The summed E-state index contributed by atoms with van der Waals surface area (Å²) in [6, 6.07) is 10.4. The second-order valence-corrected chi connectivity index (χ2v) is 4.56. The van der Waals surface area contributed by atoms with Crippen LogP contribution in [-0.2, 0) is 0 Å². The highest BCUT2D eigenvalue weighted by Crippen LogP contribution is 2.22. The summed E-state index contributed by atoms with van der Waals surface area (Å²) in [7, 11) is 0. The Morgan fingerprint density at radius 3 is 2.58 bits per heavy atom. The smallest absolute Gasteiger partial charge is 0.119 e. The molecule has 1 unspecified atom stereocenters. The summed E-state index contributed by atoms with van der Waals surface area (Å²) in [4.78, 5) is 4.15. The Hall–Kier alpha value is -2.03. The second kappa shape index (κ2) is 6.23. The first kappa shape index (κ1) is 13.4. The Morgan fingerprint density at radius 2 is 1.95 bits per heavy atom. The van der Waals surface area contributed by atoms with Gasteiger partial charge in [0.1, 0.15) is 5.75 Å². The number of ether oxygens (including phenoxy) is 1. The number of pyridine rings is 1. The summed E-state index contributed by atoms with van der Waals surface area (Å²) in [6.45, 7) is 6.91. The standard InChI is InChI=1S/C16H20N2O/c1-4-19-15-7-5-14(6-8-15)13(3)18-16-11-17-10-9-12(16)2/h5-11,13,18H,4H2,1-3H3. The molecule has 2 rings (SSSR count). The van der Waals surface area contributed by atoms with Gasteiger partial charge in [-0.05, 0) is 50.1 Å². The molecule has 0 saturated carbocycles. The van der Waals surface area contributed by atoms with E-state index in [1.54, 1.807) is 0 Å². The lowest BCUT2D eigenvalue weighted by Crippen LogP contribution is -2.07. The van der Waals surface area contributed by atoms with Gasteiger partial charge in [-0.2, -0.15) is 0 Å². The van der Waals surface area contributed by atoms with Crippen molar-refractivity contribution in [2.45, 2.75) is 26.8 Å². The van der Waals surface area contributed by atoms with E-state index < -0.39 is 0 Å². The van der Waals surface area contributed by atoms with E-state index in [1.165, 1.54) is 11.1 Å². The van der Waals surface area contributed by atoms with Crippen molar-refractivity contribution >= 4 is 5.69 Å². The summed E-state index contributed by atoms with van der Waals surface area (Å²) in [5, 5.41) is 3.47. The molecule has 0 amide bonds. The molecule has 0 aliphatic heterocycles. The molecular formula is C16H20N2O. The lowest BCUT2D eigenvalue weighted by Gasteiger charge is -2.17. The van der Waals surface area contributed by atoms with E-state index in [0.717, 1.165) is 11.4 Å². The van der Waals surface area contributed by atoms with Crippen LogP contribution in [0.25, 0.3) is 0 Å². The Labute approximate surface area is 114 Å². The molecule has 0 aliphatic carbocycles. The van der Waals surface area contributed by atoms with Crippen molar-refractivity contribution in [3.05, 3.63) is 53.9 Å². The first-order valence-corrected chi connectivity index (χ1v) is 6.60. The Morgan fingerprint density at radius 1 is 1.21 bits per heavy atom. The Bertz CT molecular complexity index is 523. The van der Waals surface area contributed by atoms with Crippen LogP contribution in [0, 0.1) is 6.92 Å². The van der Waals surface area contributed by atoms with Gasteiger partial charge in [-0.3, -0.25) is 4.98 Å². The van der Waals surface area contributed by atoms with Gasteiger partial charge in [-0.1, -0.05) is 12.1 Å². The average molecular weight is 256 g/mol. The van der Waals surface area contributed by atoms with Gasteiger partial charge in [0.15, 0.2) is 0 Å². The zero-order valence-electron chi connectivity index (χ0n) is 11.7. The van der Waals surface area contributed by atoms with Crippen molar-refractivity contribution in [3.8, 4) is 5.75 Å². The van der Waals surface area contributed by atoms with Gasteiger partial charge >= 0.3 is 0 Å². The van der Waals surface area contributed by atoms with Crippen LogP contribution >= 0.6 is 0 Å². The number of benzene rings is 1. The normalized spacial score (nSPS) is 11.9. The number of aromatic nitrogens is 1. The molecular weight excluding hydrogens is 236 g/mol. The van der Waals surface area contributed by atoms with E-state index in [4.69, 9.17) is 4.74 Å². The van der Waals surface area contributed by atoms with Crippen molar-refractivity contribution in [3.63, 3.8) is 0 Å². The lowest BCUT2D eigenvalue weighted by atomic mass is 10.1. The molecule has 0 spiro atoms. The molecule has 0 bridgehead atoms. The van der Waals surface area contributed by atoms with Crippen LogP contribution in [0.1, 0.15) is 31.0 Å². The van der Waals surface area contributed by atoms with Gasteiger partial charge in [0.25, 0.3) is 0 Å². The molecule has 100 valence electrons. The zero-order chi connectivity index (χ0) is 13.7. The van der Waals surface area contributed by atoms with E-state index in [2.05, 4.69) is 36.3 Å². The van der Waals surface area contributed by atoms with Gasteiger partial charge in [-0.25, -0.2) is 0 Å². The maximum absolute atomic E-state index is 5.45. The van der Waals surface area contributed by atoms with Crippen LogP contribution in [0.3, 0.4) is 0 Å². The van der Waals surface area contributed by atoms with Crippen molar-refractivity contribution in [1.82, 2.24) is 4.98 Å². The minimum Gasteiger partial charge on any atom is -0.494 e. The summed E-state index contributed by atoms with van der Waals surface area (Å²) in [5.41, 5.74) is 3.50. The molecule has 1 aromatic heterocycles.